The van der Waals surface area contributed by atoms with Gasteiger partial charge in [-0.1, -0.05) is 122 Å². The minimum absolute atomic E-state index is 0.0943. The quantitative estimate of drug-likeness (QED) is 0.0584. The molecule has 1 fully saturated rings. The molecule has 5 atom stereocenters. The van der Waals surface area contributed by atoms with Crippen LogP contribution in [0.4, 0.5) is 0 Å². The van der Waals surface area contributed by atoms with Crippen molar-refractivity contribution in [2.24, 2.45) is 11.0 Å². The average Bonchev–Trinajstić information content (AvgIpc) is 3.89. The number of amides is 3. The molecule has 0 aliphatic carbocycles. The van der Waals surface area contributed by atoms with Crippen molar-refractivity contribution in [3.05, 3.63) is 130 Å². The SMILES string of the molecule is CC(C)C[C@H](NC(=O)[C@H](Cc1ccccc1)NC(=O)[C@H](Cc1cccc2ccccc12)NC(=O)[C@H](Cc1ccccc1)N=[N+]=[N-])C(=O)[C@@]1(C)CO1. The van der Waals surface area contributed by atoms with Crippen molar-refractivity contribution < 1.29 is 23.9 Å². The molecule has 4 aromatic carbocycles. The van der Waals surface area contributed by atoms with Crippen LogP contribution in [0.1, 0.15) is 43.9 Å². The number of azide groups is 1. The summed E-state index contributed by atoms with van der Waals surface area (Å²) in [6.45, 7) is 5.93. The summed E-state index contributed by atoms with van der Waals surface area (Å²) in [6, 6.07) is 27.7. The van der Waals surface area contributed by atoms with Gasteiger partial charge in [-0.3, -0.25) is 19.2 Å². The van der Waals surface area contributed by atoms with Crippen LogP contribution in [0.2, 0.25) is 0 Å². The summed E-state index contributed by atoms with van der Waals surface area (Å²) in [5.74, 6) is -1.86. The summed E-state index contributed by atoms with van der Waals surface area (Å²) in [7, 11) is 0. The molecule has 0 bridgehead atoms. The highest BCUT2D eigenvalue weighted by Crippen LogP contribution is 2.30. The number of hydrogen-bond donors (Lipinski definition) is 3. The second-order valence-electron chi connectivity index (χ2n) is 13.6. The lowest BCUT2D eigenvalue weighted by Gasteiger charge is -2.27. The lowest BCUT2D eigenvalue weighted by Crippen LogP contribution is -2.58. The topological polar surface area (TPSA) is 166 Å². The van der Waals surface area contributed by atoms with Crippen molar-refractivity contribution in [3.8, 4) is 0 Å². The highest BCUT2D eigenvalue weighted by Gasteiger charge is 2.50. The lowest BCUT2D eigenvalue weighted by atomic mass is 9.93. The van der Waals surface area contributed by atoms with Crippen molar-refractivity contribution in [1.82, 2.24) is 16.0 Å². The fraction of sp³-hybridized carbons (Fsp3) is 0.350. The average molecular weight is 689 g/mol. The zero-order chi connectivity index (χ0) is 36.4. The van der Waals surface area contributed by atoms with Gasteiger partial charge in [-0.25, -0.2) is 0 Å². The van der Waals surface area contributed by atoms with Crippen LogP contribution in [0.15, 0.2) is 108 Å². The van der Waals surface area contributed by atoms with Crippen LogP contribution in [-0.2, 0) is 43.2 Å². The molecule has 0 radical (unpaired) electrons. The summed E-state index contributed by atoms with van der Waals surface area (Å²) in [5.41, 5.74) is 10.8. The van der Waals surface area contributed by atoms with Crippen molar-refractivity contribution in [1.29, 1.82) is 0 Å². The number of carbonyl (C=O) groups is 4. The number of epoxide rings is 1. The Morgan fingerprint density at radius 3 is 1.86 bits per heavy atom. The van der Waals surface area contributed by atoms with Crippen molar-refractivity contribution in [2.75, 3.05) is 6.61 Å². The van der Waals surface area contributed by atoms with Gasteiger partial charge in [0.05, 0.1) is 12.6 Å². The standard InChI is InChI=1S/C40H44N6O5/c1-26(2)21-32(36(47)40(3)25-51-40)42-37(48)33(22-27-13-6-4-7-14-27)43-38(49)34(24-30-19-12-18-29-17-10-11-20-31(29)30)44-39(50)35(45-46-41)23-28-15-8-5-9-16-28/h4-20,26,32-35H,21-25H2,1-3H3,(H,42,48)(H,43,49)(H,44,50)/t32-,33-,34-,35-,40+/m0/s1. The third-order valence-electron chi connectivity index (χ3n) is 9.06. The Morgan fingerprint density at radius 2 is 1.25 bits per heavy atom. The molecule has 1 aliphatic heterocycles. The lowest BCUT2D eigenvalue weighted by molar-refractivity contribution is -0.134. The molecular formula is C40H44N6O5. The number of hydrogen-bond acceptors (Lipinski definition) is 6. The molecule has 0 spiro atoms. The predicted molar refractivity (Wildman–Crippen MR) is 195 cm³/mol. The van der Waals surface area contributed by atoms with Gasteiger partial charge in [-0.15, -0.1) is 0 Å². The summed E-state index contributed by atoms with van der Waals surface area (Å²) >= 11 is 0. The van der Waals surface area contributed by atoms with Crippen LogP contribution < -0.4 is 16.0 Å². The van der Waals surface area contributed by atoms with Crippen molar-refractivity contribution in [2.45, 2.75) is 76.2 Å². The predicted octanol–water partition coefficient (Wildman–Crippen LogP) is 5.41. The van der Waals surface area contributed by atoms with Crippen LogP contribution in [0.3, 0.4) is 0 Å². The van der Waals surface area contributed by atoms with Gasteiger partial charge in [0.25, 0.3) is 0 Å². The Bertz CT molecular complexity index is 1880. The largest absolute Gasteiger partial charge is 0.361 e. The first kappa shape index (κ1) is 36.8. The van der Waals surface area contributed by atoms with Crippen LogP contribution in [0, 0.1) is 5.92 Å². The molecule has 1 aliphatic rings. The minimum Gasteiger partial charge on any atom is -0.361 e. The highest BCUT2D eigenvalue weighted by atomic mass is 16.6. The molecular weight excluding hydrogens is 644 g/mol. The molecule has 1 saturated heterocycles. The van der Waals surface area contributed by atoms with Gasteiger partial charge in [0, 0.05) is 17.8 Å². The smallest absolute Gasteiger partial charge is 0.243 e. The third kappa shape index (κ3) is 10.0. The summed E-state index contributed by atoms with van der Waals surface area (Å²) in [6.07, 6.45) is 0.764. The number of ether oxygens (including phenoxy) is 1. The van der Waals surface area contributed by atoms with Gasteiger partial charge in [0.2, 0.25) is 17.7 Å². The zero-order valence-electron chi connectivity index (χ0n) is 29.1. The molecule has 3 amide bonds. The molecule has 0 unspecified atom stereocenters. The van der Waals surface area contributed by atoms with E-state index in [9.17, 15) is 24.7 Å². The Labute approximate surface area is 297 Å². The summed E-state index contributed by atoms with van der Waals surface area (Å²) in [5, 5.41) is 14.3. The molecule has 3 N–H and O–H groups in total. The first-order chi connectivity index (χ1) is 24.6. The minimum atomic E-state index is -1.14. The third-order valence-corrected chi connectivity index (χ3v) is 9.06. The van der Waals surface area contributed by atoms with Crippen LogP contribution in [0.25, 0.3) is 21.2 Å². The Morgan fingerprint density at radius 1 is 0.725 bits per heavy atom. The van der Waals surface area contributed by atoms with E-state index in [0.717, 1.165) is 27.5 Å². The van der Waals surface area contributed by atoms with E-state index in [0.29, 0.717) is 6.42 Å². The van der Waals surface area contributed by atoms with Gasteiger partial charge >= 0.3 is 0 Å². The number of ketones is 1. The molecule has 0 saturated carbocycles. The second kappa shape index (κ2) is 16.9. The first-order valence-electron chi connectivity index (χ1n) is 17.2. The van der Waals surface area contributed by atoms with E-state index in [1.807, 2.05) is 117 Å². The fourth-order valence-electron chi connectivity index (χ4n) is 6.18. The monoisotopic (exact) mass is 688 g/mol. The summed E-state index contributed by atoms with van der Waals surface area (Å²) < 4.78 is 5.41. The highest BCUT2D eigenvalue weighted by molar-refractivity contribution is 5.99. The Hall–Kier alpha value is -5.51. The van der Waals surface area contributed by atoms with Crippen LogP contribution in [0.5, 0.6) is 0 Å². The van der Waals surface area contributed by atoms with Gasteiger partial charge in [0.1, 0.15) is 23.7 Å². The maximum atomic E-state index is 14.3. The number of nitrogens with zero attached hydrogens (tertiary/aromatic N) is 3. The van der Waals surface area contributed by atoms with Gasteiger partial charge in [0.15, 0.2) is 5.78 Å². The second-order valence-corrected chi connectivity index (χ2v) is 13.6. The molecule has 0 aromatic heterocycles. The molecule has 1 heterocycles. The molecule has 51 heavy (non-hydrogen) atoms. The molecule has 11 heteroatoms. The number of Topliss-reactive ketones (excluding diaryl/α,β-unsaturated/α-hetero) is 1. The first-order valence-corrected chi connectivity index (χ1v) is 17.2. The number of fused-ring (bicyclic) bond motifs is 1. The molecule has 264 valence electrons. The number of benzene rings is 4. The van der Waals surface area contributed by atoms with Crippen LogP contribution in [-0.4, -0.2) is 59.9 Å². The van der Waals surface area contributed by atoms with Gasteiger partial charge in [-0.05, 0) is 58.7 Å². The van der Waals surface area contributed by atoms with E-state index < -0.39 is 47.5 Å². The number of carbonyl (C=O) groups excluding carboxylic acids is 4. The Balaban J connectivity index is 1.44. The van der Waals surface area contributed by atoms with E-state index in [1.165, 1.54) is 0 Å². The summed E-state index contributed by atoms with van der Waals surface area (Å²) in [4.78, 5) is 58.4. The van der Waals surface area contributed by atoms with E-state index in [1.54, 1.807) is 6.92 Å². The van der Waals surface area contributed by atoms with E-state index in [-0.39, 0.29) is 37.6 Å². The van der Waals surface area contributed by atoms with E-state index in [2.05, 4.69) is 26.0 Å². The molecule has 11 nitrogen and oxygen atoms in total. The van der Waals surface area contributed by atoms with E-state index >= 15 is 0 Å². The normalized spacial score (nSPS) is 17.3. The van der Waals surface area contributed by atoms with Gasteiger partial charge < -0.3 is 20.7 Å². The zero-order valence-corrected chi connectivity index (χ0v) is 29.1. The number of rotatable bonds is 17. The Kier molecular flexibility index (Phi) is 12.2. The fourth-order valence-corrected chi connectivity index (χ4v) is 6.18. The van der Waals surface area contributed by atoms with E-state index in [4.69, 9.17) is 4.74 Å². The number of nitrogens with one attached hydrogen (secondary N) is 3. The maximum Gasteiger partial charge on any atom is 0.243 e. The van der Waals surface area contributed by atoms with Crippen molar-refractivity contribution in [3.63, 3.8) is 0 Å². The maximum absolute atomic E-state index is 14.3. The van der Waals surface area contributed by atoms with Crippen molar-refractivity contribution >= 4 is 34.3 Å². The van der Waals surface area contributed by atoms with Gasteiger partial charge in [-0.2, -0.15) is 0 Å². The van der Waals surface area contributed by atoms with Crippen LogP contribution >= 0.6 is 0 Å². The molecule has 5 rings (SSSR count). The molecule has 4 aromatic rings.